The van der Waals surface area contributed by atoms with Crippen LogP contribution < -0.4 is 4.90 Å². The van der Waals surface area contributed by atoms with Crippen molar-refractivity contribution in [3.63, 3.8) is 0 Å². The summed E-state index contributed by atoms with van der Waals surface area (Å²) >= 11 is 3.42. The Morgan fingerprint density at radius 2 is 1.68 bits per heavy atom. The molecule has 19 heavy (non-hydrogen) atoms. The van der Waals surface area contributed by atoms with Crippen LogP contribution in [0.1, 0.15) is 25.3 Å². The molecule has 2 atom stereocenters. The van der Waals surface area contributed by atoms with Crippen LogP contribution in [0.2, 0.25) is 0 Å². The van der Waals surface area contributed by atoms with Crippen molar-refractivity contribution in [1.29, 1.82) is 0 Å². The van der Waals surface area contributed by atoms with Gasteiger partial charge in [0.05, 0.1) is 17.5 Å². The van der Waals surface area contributed by atoms with Gasteiger partial charge in [0.2, 0.25) is 11.8 Å². The molecule has 1 aliphatic carbocycles. The summed E-state index contributed by atoms with van der Waals surface area (Å²) in [5.41, 5.74) is 1.74. The van der Waals surface area contributed by atoms with Gasteiger partial charge in [0.1, 0.15) is 0 Å². The number of halogens is 1. The van der Waals surface area contributed by atoms with E-state index in [9.17, 15) is 9.59 Å². The number of anilines is 1. The van der Waals surface area contributed by atoms with Gasteiger partial charge in [-0.25, -0.2) is 0 Å². The fourth-order valence-electron chi connectivity index (χ4n) is 3.38. The number of hydrogen-bond donors (Lipinski definition) is 0. The van der Waals surface area contributed by atoms with Crippen molar-refractivity contribution in [3.8, 4) is 0 Å². The number of amides is 2. The molecule has 2 amide bonds. The van der Waals surface area contributed by atoms with Crippen molar-refractivity contribution in [2.24, 2.45) is 17.8 Å². The zero-order valence-corrected chi connectivity index (χ0v) is 12.6. The van der Waals surface area contributed by atoms with Gasteiger partial charge in [-0.3, -0.25) is 14.5 Å². The quantitative estimate of drug-likeness (QED) is 0.744. The van der Waals surface area contributed by atoms with Gasteiger partial charge in [-0.05, 0) is 49.4 Å². The highest BCUT2D eigenvalue weighted by atomic mass is 79.9. The molecule has 1 saturated heterocycles. The molecule has 1 aromatic rings. The smallest absolute Gasteiger partial charge is 0.237 e. The van der Waals surface area contributed by atoms with Crippen molar-refractivity contribution in [3.05, 3.63) is 28.2 Å². The molecule has 2 fully saturated rings. The van der Waals surface area contributed by atoms with Crippen LogP contribution in [-0.4, -0.2) is 11.8 Å². The van der Waals surface area contributed by atoms with Gasteiger partial charge >= 0.3 is 0 Å². The molecule has 0 aromatic heterocycles. The molecule has 0 radical (unpaired) electrons. The minimum Gasteiger partial charge on any atom is -0.274 e. The largest absolute Gasteiger partial charge is 0.274 e. The molecular formula is C15H16BrNO2. The van der Waals surface area contributed by atoms with Crippen molar-refractivity contribution in [2.75, 3.05) is 4.90 Å². The molecule has 1 aliphatic heterocycles. The number of benzene rings is 1. The van der Waals surface area contributed by atoms with E-state index in [2.05, 4.69) is 22.9 Å². The molecule has 1 heterocycles. The number of carbonyl (C=O) groups excluding carboxylic acids is 2. The number of hydrogen-bond acceptors (Lipinski definition) is 2. The number of imide groups is 1. The van der Waals surface area contributed by atoms with Gasteiger partial charge in [0.15, 0.2) is 0 Å². The zero-order chi connectivity index (χ0) is 13.7. The van der Waals surface area contributed by atoms with Gasteiger partial charge in [0.25, 0.3) is 0 Å². The van der Waals surface area contributed by atoms with Crippen LogP contribution in [0, 0.1) is 24.7 Å². The highest BCUT2D eigenvalue weighted by Gasteiger charge is 2.52. The maximum absolute atomic E-state index is 12.5. The number of fused-ring (bicyclic) bond motifs is 1. The van der Waals surface area contributed by atoms with E-state index in [-0.39, 0.29) is 23.7 Å². The van der Waals surface area contributed by atoms with Crippen molar-refractivity contribution < 1.29 is 9.59 Å². The normalized spacial score (nSPS) is 30.1. The maximum atomic E-state index is 12.5. The molecule has 1 saturated carbocycles. The Morgan fingerprint density at radius 3 is 2.21 bits per heavy atom. The van der Waals surface area contributed by atoms with Gasteiger partial charge in [-0.1, -0.05) is 22.9 Å². The standard InChI is InChI=1S/C15H16BrNO2/c1-8-3-10(16)7-11(4-8)17-14(18)12-5-9(2)6-13(12)15(17)19/h3-4,7,9,12-13H,5-6H2,1-2H3. The lowest BCUT2D eigenvalue weighted by Crippen LogP contribution is -2.32. The number of rotatable bonds is 1. The van der Waals surface area contributed by atoms with E-state index in [4.69, 9.17) is 0 Å². The Morgan fingerprint density at radius 1 is 1.11 bits per heavy atom. The van der Waals surface area contributed by atoms with Gasteiger partial charge in [-0.2, -0.15) is 0 Å². The SMILES string of the molecule is Cc1cc(Br)cc(N2C(=O)C3CC(C)CC3C2=O)c1. The van der Waals surface area contributed by atoms with E-state index in [1.807, 2.05) is 25.1 Å². The molecule has 1 aromatic carbocycles. The van der Waals surface area contributed by atoms with Crippen LogP contribution in [0.3, 0.4) is 0 Å². The minimum atomic E-state index is -0.0956. The van der Waals surface area contributed by atoms with Crippen LogP contribution in [-0.2, 0) is 9.59 Å². The second-order valence-corrected chi connectivity index (χ2v) is 6.70. The van der Waals surface area contributed by atoms with Crippen molar-refractivity contribution >= 4 is 33.4 Å². The molecule has 0 N–H and O–H groups in total. The Balaban J connectivity index is 1.98. The zero-order valence-electron chi connectivity index (χ0n) is 11.0. The first-order chi connectivity index (χ1) is 8.97. The summed E-state index contributed by atoms with van der Waals surface area (Å²) in [6, 6.07) is 5.70. The van der Waals surface area contributed by atoms with E-state index in [1.54, 1.807) is 0 Å². The first-order valence-corrected chi connectivity index (χ1v) is 7.41. The lowest BCUT2D eigenvalue weighted by Gasteiger charge is -2.17. The number of carbonyl (C=O) groups is 2. The van der Waals surface area contributed by atoms with Crippen LogP contribution in [0.5, 0.6) is 0 Å². The molecule has 2 aliphatic rings. The summed E-state index contributed by atoms with van der Waals surface area (Å²) in [5.74, 6) is 0.256. The van der Waals surface area contributed by atoms with E-state index < -0.39 is 0 Å². The molecule has 4 heteroatoms. The Bertz CT molecular complexity index is 525. The van der Waals surface area contributed by atoms with Crippen LogP contribution >= 0.6 is 15.9 Å². The molecule has 3 rings (SSSR count). The minimum absolute atomic E-state index is 0.0168. The van der Waals surface area contributed by atoms with Gasteiger partial charge in [-0.15, -0.1) is 0 Å². The van der Waals surface area contributed by atoms with Crippen molar-refractivity contribution in [2.45, 2.75) is 26.7 Å². The highest BCUT2D eigenvalue weighted by molar-refractivity contribution is 9.10. The fraction of sp³-hybridized carbons (Fsp3) is 0.467. The third kappa shape index (κ3) is 2.02. The summed E-state index contributed by atoms with van der Waals surface area (Å²) in [7, 11) is 0. The van der Waals surface area contributed by atoms with E-state index >= 15 is 0 Å². The lowest BCUT2D eigenvalue weighted by molar-refractivity contribution is -0.123. The second kappa shape index (κ2) is 4.44. The fourth-order valence-corrected chi connectivity index (χ4v) is 3.97. The number of aryl methyl sites for hydroxylation is 1. The predicted octanol–water partition coefficient (Wildman–Crippen LogP) is 3.29. The molecule has 3 nitrogen and oxygen atoms in total. The maximum Gasteiger partial charge on any atom is 0.237 e. The average Bonchev–Trinajstić information content (AvgIpc) is 2.78. The monoisotopic (exact) mass is 321 g/mol. The molecule has 0 spiro atoms. The summed E-state index contributed by atoms with van der Waals surface area (Å²) in [4.78, 5) is 26.3. The Labute approximate surface area is 121 Å². The first-order valence-electron chi connectivity index (χ1n) is 6.62. The Kier molecular flexibility index (Phi) is 3.01. The molecular weight excluding hydrogens is 306 g/mol. The van der Waals surface area contributed by atoms with Crippen LogP contribution in [0.4, 0.5) is 5.69 Å². The average molecular weight is 322 g/mol. The highest BCUT2D eigenvalue weighted by Crippen LogP contribution is 2.44. The molecule has 0 bridgehead atoms. The summed E-state index contributed by atoms with van der Waals surface area (Å²) in [6.07, 6.45) is 1.69. The molecule has 100 valence electrons. The van der Waals surface area contributed by atoms with E-state index in [0.717, 1.165) is 22.9 Å². The van der Waals surface area contributed by atoms with Gasteiger partial charge < -0.3 is 0 Å². The Hall–Kier alpha value is -1.16. The summed E-state index contributed by atoms with van der Waals surface area (Å²) in [6.45, 7) is 4.08. The van der Waals surface area contributed by atoms with E-state index in [1.165, 1.54) is 4.90 Å². The van der Waals surface area contributed by atoms with E-state index in [0.29, 0.717) is 11.6 Å². The first kappa shape index (κ1) is 12.9. The third-order valence-corrected chi connectivity index (χ3v) is 4.62. The third-order valence-electron chi connectivity index (χ3n) is 4.16. The van der Waals surface area contributed by atoms with Crippen LogP contribution in [0.25, 0.3) is 0 Å². The number of nitrogens with zero attached hydrogens (tertiary/aromatic N) is 1. The second-order valence-electron chi connectivity index (χ2n) is 5.79. The van der Waals surface area contributed by atoms with Gasteiger partial charge in [0, 0.05) is 4.47 Å². The lowest BCUT2D eigenvalue weighted by atomic mass is 10.00. The topological polar surface area (TPSA) is 37.4 Å². The summed E-state index contributed by atoms with van der Waals surface area (Å²) in [5, 5.41) is 0. The summed E-state index contributed by atoms with van der Waals surface area (Å²) < 4.78 is 0.897. The van der Waals surface area contributed by atoms with Crippen LogP contribution in [0.15, 0.2) is 22.7 Å². The van der Waals surface area contributed by atoms with Crippen molar-refractivity contribution in [1.82, 2.24) is 0 Å². The predicted molar refractivity (Wildman–Crippen MR) is 76.8 cm³/mol. The molecule has 2 unspecified atom stereocenters.